The summed E-state index contributed by atoms with van der Waals surface area (Å²) in [6, 6.07) is 24.0. The van der Waals surface area contributed by atoms with Gasteiger partial charge in [-0.25, -0.2) is 4.98 Å². The number of carbonyl (C=O) groups is 1. The monoisotopic (exact) mass is 417 g/mol. The number of amides is 1. The SMILES string of the molecule is CC(C)(C)C(=O)Nc1cccc(Cn2c(-c3ccccc3Cl)cc3ccccc32)n1. The molecule has 4 rings (SSSR count). The second-order valence-corrected chi connectivity index (χ2v) is 8.78. The van der Waals surface area contributed by atoms with E-state index in [0.717, 1.165) is 27.9 Å². The fraction of sp³-hybridized carbons (Fsp3) is 0.200. The molecular weight excluding hydrogens is 394 g/mol. The molecule has 0 bridgehead atoms. The molecule has 2 heterocycles. The molecule has 0 saturated heterocycles. The lowest BCUT2D eigenvalue weighted by Crippen LogP contribution is -2.28. The summed E-state index contributed by atoms with van der Waals surface area (Å²) in [6.07, 6.45) is 0. The van der Waals surface area contributed by atoms with Gasteiger partial charge in [0.15, 0.2) is 0 Å². The minimum absolute atomic E-state index is 0.0599. The zero-order chi connectivity index (χ0) is 21.3. The van der Waals surface area contributed by atoms with Gasteiger partial charge in [0.25, 0.3) is 0 Å². The topological polar surface area (TPSA) is 46.9 Å². The van der Waals surface area contributed by atoms with E-state index in [-0.39, 0.29) is 5.91 Å². The van der Waals surface area contributed by atoms with Gasteiger partial charge < -0.3 is 9.88 Å². The Morgan fingerprint density at radius 3 is 2.50 bits per heavy atom. The van der Waals surface area contributed by atoms with E-state index < -0.39 is 5.41 Å². The van der Waals surface area contributed by atoms with Gasteiger partial charge in [-0.05, 0) is 30.3 Å². The van der Waals surface area contributed by atoms with E-state index in [1.807, 2.05) is 75.4 Å². The summed E-state index contributed by atoms with van der Waals surface area (Å²) >= 11 is 6.51. The fourth-order valence-corrected chi connectivity index (χ4v) is 3.61. The van der Waals surface area contributed by atoms with Crippen LogP contribution < -0.4 is 5.32 Å². The van der Waals surface area contributed by atoms with Gasteiger partial charge in [-0.2, -0.15) is 0 Å². The van der Waals surface area contributed by atoms with Gasteiger partial charge in [-0.15, -0.1) is 0 Å². The molecule has 0 unspecified atom stereocenters. The Morgan fingerprint density at radius 2 is 1.73 bits per heavy atom. The third-order valence-electron chi connectivity index (χ3n) is 5.01. The maximum Gasteiger partial charge on any atom is 0.230 e. The van der Waals surface area contributed by atoms with Crippen LogP contribution in [0, 0.1) is 5.41 Å². The first-order valence-electron chi connectivity index (χ1n) is 9.93. The molecule has 5 heteroatoms. The summed E-state index contributed by atoms with van der Waals surface area (Å²) in [4.78, 5) is 17.0. The first kappa shape index (κ1) is 20.2. The van der Waals surface area contributed by atoms with Crippen LogP contribution in [-0.2, 0) is 11.3 Å². The van der Waals surface area contributed by atoms with Crippen molar-refractivity contribution < 1.29 is 4.79 Å². The molecule has 4 aromatic rings. The van der Waals surface area contributed by atoms with E-state index in [9.17, 15) is 4.79 Å². The highest BCUT2D eigenvalue weighted by molar-refractivity contribution is 6.33. The summed E-state index contributed by atoms with van der Waals surface area (Å²) in [6.45, 7) is 6.21. The number of anilines is 1. The number of para-hydroxylation sites is 1. The molecule has 4 nitrogen and oxygen atoms in total. The average molecular weight is 418 g/mol. The molecule has 0 atom stereocenters. The summed E-state index contributed by atoms with van der Waals surface area (Å²) < 4.78 is 2.22. The second-order valence-electron chi connectivity index (χ2n) is 8.37. The molecule has 0 aliphatic rings. The van der Waals surface area contributed by atoms with Crippen LogP contribution in [0.15, 0.2) is 72.8 Å². The predicted octanol–water partition coefficient (Wildman–Crippen LogP) is 6.39. The molecule has 0 radical (unpaired) electrons. The van der Waals surface area contributed by atoms with Crippen molar-refractivity contribution in [1.82, 2.24) is 9.55 Å². The van der Waals surface area contributed by atoms with Crippen molar-refractivity contribution in [3.05, 3.63) is 83.5 Å². The van der Waals surface area contributed by atoms with Crippen LogP contribution >= 0.6 is 11.6 Å². The minimum Gasteiger partial charge on any atom is -0.334 e. The summed E-state index contributed by atoms with van der Waals surface area (Å²) in [7, 11) is 0. The third-order valence-corrected chi connectivity index (χ3v) is 5.34. The van der Waals surface area contributed by atoms with Crippen molar-refractivity contribution in [3.8, 4) is 11.3 Å². The highest BCUT2D eigenvalue weighted by atomic mass is 35.5. The Labute approximate surface area is 181 Å². The largest absolute Gasteiger partial charge is 0.334 e. The maximum absolute atomic E-state index is 12.3. The lowest BCUT2D eigenvalue weighted by atomic mass is 9.96. The minimum atomic E-state index is -0.481. The molecule has 0 aliphatic heterocycles. The number of benzene rings is 2. The van der Waals surface area contributed by atoms with Crippen molar-refractivity contribution in [2.24, 2.45) is 5.41 Å². The standard InChI is InChI=1S/C25H24ClN3O/c1-25(2,3)24(30)28-23-14-8-10-18(27-23)16-29-21-13-7-4-9-17(21)15-22(29)19-11-5-6-12-20(19)26/h4-15H,16H2,1-3H3,(H,27,28,30). The molecule has 0 aliphatic carbocycles. The smallest absolute Gasteiger partial charge is 0.230 e. The number of nitrogens with one attached hydrogen (secondary N) is 1. The van der Waals surface area contributed by atoms with E-state index in [4.69, 9.17) is 11.6 Å². The average Bonchev–Trinajstić information content (AvgIpc) is 3.06. The highest BCUT2D eigenvalue weighted by Gasteiger charge is 2.21. The van der Waals surface area contributed by atoms with Gasteiger partial charge in [0.1, 0.15) is 5.82 Å². The summed E-state index contributed by atoms with van der Waals surface area (Å²) in [5.74, 6) is 0.499. The Kier molecular flexibility index (Phi) is 5.35. The molecule has 2 aromatic heterocycles. The number of hydrogen-bond donors (Lipinski definition) is 1. The van der Waals surface area contributed by atoms with Crippen LogP contribution in [0.5, 0.6) is 0 Å². The molecule has 2 aromatic carbocycles. The van der Waals surface area contributed by atoms with Gasteiger partial charge in [0.2, 0.25) is 5.91 Å². The molecule has 30 heavy (non-hydrogen) atoms. The Bertz CT molecular complexity index is 1220. The van der Waals surface area contributed by atoms with Crippen LogP contribution in [-0.4, -0.2) is 15.5 Å². The first-order valence-corrected chi connectivity index (χ1v) is 10.3. The lowest BCUT2D eigenvalue weighted by molar-refractivity contribution is -0.123. The van der Waals surface area contributed by atoms with Crippen LogP contribution in [0.2, 0.25) is 5.02 Å². The molecular formula is C25H24ClN3O. The quantitative estimate of drug-likeness (QED) is 0.418. The zero-order valence-electron chi connectivity index (χ0n) is 17.3. The molecule has 0 saturated carbocycles. The van der Waals surface area contributed by atoms with Crippen LogP contribution in [0.25, 0.3) is 22.2 Å². The van der Waals surface area contributed by atoms with Crippen molar-refractivity contribution in [3.63, 3.8) is 0 Å². The number of nitrogens with zero attached hydrogens (tertiary/aromatic N) is 2. The molecule has 152 valence electrons. The number of fused-ring (bicyclic) bond motifs is 1. The lowest BCUT2D eigenvalue weighted by Gasteiger charge is -2.18. The Balaban J connectivity index is 1.74. The van der Waals surface area contributed by atoms with E-state index in [1.165, 1.54) is 0 Å². The Hall–Kier alpha value is -3.11. The van der Waals surface area contributed by atoms with Gasteiger partial charge in [-0.3, -0.25) is 4.79 Å². The second kappa shape index (κ2) is 7.96. The van der Waals surface area contributed by atoms with Gasteiger partial charge in [0, 0.05) is 26.9 Å². The number of carbonyl (C=O) groups excluding carboxylic acids is 1. The third kappa shape index (κ3) is 4.10. The van der Waals surface area contributed by atoms with Crippen LogP contribution in [0.3, 0.4) is 0 Å². The molecule has 1 amide bonds. The number of aromatic nitrogens is 2. The summed E-state index contributed by atoms with van der Waals surface area (Å²) in [5, 5.41) is 4.77. The molecule has 0 spiro atoms. The normalized spacial score (nSPS) is 11.6. The van der Waals surface area contributed by atoms with Crippen molar-refractivity contribution in [2.75, 3.05) is 5.32 Å². The van der Waals surface area contributed by atoms with Crippen LogP contribution in [0.4, 0.5) is 5.82 Å². The first-order chi connectivity index (χ1) is 14.3. The fourth-order valence-electron chi connectivity index (χ4n) is 3.38. The van der Waals surface area contributed by atoms with Crippen LogP contribution in [0.1, 0.15) is 26.5 Å². The number of rotatable bonds is 4. The van der Waals surface area contributed by atoms with Gasteiger partial charge in [-0.1, -0.05) is 74.8 Å². The maximum atomic E-state index is 12.3. The van der Waals surface area contributed by atoms with E-state index in [2.05, 4.69) is 33.1 Å². The Morgan fingerprint density at radius 1 is 1.00 bits per heavy atom. The van der Waals surface area contributed by atoms with Crippen molar-refractivity contribution in [1.29, 1.82) is 0 Å². The van der Waals surface area contributed by atoms with Crippen molar-refractivity contribution >= 4 is 34.2 Å². The number of hydrogen-bond acceptors (Lipinski definition) is 2. The van der Waals surface area contributed by atoms with Crippen molar-refractivity contribution in [2.45, 2.75) is 27.3 Å². The molecule has 1 N–H and O–H groups in total. The van der Waals surface area contributed by atoms with Gasteiger partial charge >= 0.3 is 0 Å². The number of pyridine rings is 1. The van der Waals surface area contributed by atoms with E-state index >= 15 is 0 Å². The molecule has 0 fully saturated rings. The van der Waals surface area contributed by atoms with Gasteiger partial charge in [0.05, 0.1) is 17.9 Å². The zero-order valence-corrected chi connectivity index (χ0v) is 18.1. The van der Waals surface area contributed by atoms with E-state index in [0.29, 0.717) is 17.4 Å². The predicted molar refractivity (Wildman–Crippen MR) is 124 cm³/mol. The number of halogens is 1. The summed E-state index contributed by atoms with van der Waals surface area (Å²) in [5.41, 5.74) is 3.50. The highest BCUT2D eigenvalue weighted by Crippen LogP contribution is 2.33. The van der Waals surface area contributed by atoms with E-state index in [1.54, 1.807) is 0 Å².